The molecule has 0 aliphatic rings. The average molecular weight is 389 g/mol. The number of benzene rings is 2. The lowest BCUT2D eigenvalue weighted by atomic mass is 10.0. The second-order valence-corrected chi connectivity index (χ2v) is 6.79. The van der Waals surface area contributed by atoms with Crippen molar-refractivity contribution in [2.45, 2.75) is 26.2 Å². The summed E-state index contributed by atoms with van der Waals surface area (Å²) < 4.78 is 5.47. The molecule has 1 amide bonds. The molecule has 1 aromatic heterocycles. The van der Waals surface area contributed by atoms with Gasteiger partial charge in [-0.1, -0.05) is 49.8 Å². The first-order valence-electron chi connectivity index (χ1n) is 9.89. The number of carbonyl (C=O) groups is 1. The summed E-state index contributed by atoms with van der Waals surface area (Å²) in [6.07, 6.45) is 6.46. The lowest BCUT2D eigenvalue weighted by molar-refractivity contribution is 0.0958. The van der Waals surface area contributed by atoms with E-state index in [0.29, 0.717) is 23.4 Å². The van der Waals surface area contributed by atoms with Crippen molar-refractivity contribution in [3.63, 3.8) is 0 Å². The zero-order valence-electron chi connectivity index (χ0n) is 17.0. The Morgan fingerprint density at radius 1 is 1.21 bits per heavy atom. The Kier molecular flexibility index (Phi) is 6.85. The predicted octanol–water partition coefficient (Wildman–Crippen LogP) is 5.25. The van der Waals surface area contributed by atoms with Gasteiger partial charge < -0.3 is 15.4 Å². The molecule has 0 bridgehead atoms. The highest BCUT2D eigenvalue weighted by atomic mass is 16.5. The summed E-state index contributed by atoms with van der Waals surface area (Å²) in [5.41, 5.74) is 4.13. The van der Waals surface area contributed by atoms with Gasteiger partial charge in [-0.05, 0) is 30.5 Å². The zero-order chi connectivity index (χ0) is 20.6. The molecule has 2 aromatic carbocycles. The van der Waals surface area contributed by atoms with Gasteiger partial charge in [-0.2, -0.15) is 0 Å². The molecule has 0 aliphatic heterocycles. The number of ether oxygens (including phenoxy) is 1. The molecule has 0 atom stereocenters. The van der Waals surface area contributed by atoms with E-state index in [4.69, 9.17) is 4.74 Å². The molecule has 2 N–H and O–H groups in total. The second kappa shape index (κ2) is 9.73. The van der Waals surface area contributed by atoms with E-state index < -0.39 is 0 Å². The van der Waals surface area contributed by atoms with Crippen molar-refractivity contribution in [3.8, 4) is 5.75 Å². The first kappa shape index (κ1) is 20.4. The number of anilines is 2. The Hall–Kier alpha value is -3.34. The summed E-state index contributed by atoms with van der Waals surface area (Å²) in [7, 11) is 1.62. The summed E-state index contributed by atoms with van der Waals surface area (Å²) in [6, 6.07) is 13.9. The highest BCUT2D eigenvalue weighted by Crippen LogP contribution is 2.34. The third-order valence-corrected chi connectivity index (χ3v) is 4.81. The van der Waals surface area contributed by atoms with Crippen molar-refractivity contribution in [2.24, 2.45) is 0 Å². The Morgan fingerprint density at radius 2 is 2.03 bits per heavy atom. The average Bonchev–Trinajstić information content (AvgIpc) is 2.76. The maximum absolute atomic E-state index is 12.8. The fourth-order valence-corrected chi connectivity index (χ4v) is 3.29. The van der Waals surface area contributed by atoms with Crippen molar-refractivity contribution in [1.29, 1.82) is 0 Å². The zero-order valence-corrected chi connectivity index (χ0v) is 17.0. The number of hydrogen-bond acceptors (Lipinski definition) is 4. The summed E-state index contributed by atoms with van der Waals surface area (Å²) in [6.45, 7) is 6.24. The molecule has 0 radical (unpaired) electrons. The van der Waals surface area contributed by atoms with Gasteiger partial charge in [0.15, 0.2) is 0 Å². The molecule has 0 spiro atoms. The predicted molar refractivity (Wildman–Crippen MR) is 119 cm³/mol. The molecule has 150 valence electrons. The molecular formula is C24H27N3O2. The number of unbranched alkanes of at least 4 members (excludes halogenated alkanes) is 1. The van der Waals surface area contributed by atoms with Gasteiger partial charge in [0.1, 0.15) is 11.3 Å². The molecule has 0 aliphatic carbocycles. The van der Waals surface area contributed by atoms with Crippen LogP contribution in [0.25, 0.3) is 10.9 Å². The largest absolute Gasteiger partial charge is 0.494 e. The van der Waals surface area contributed by atoms with Crippen LogP contribution in [0.5, 0.6) is 5.75 Å². The Morgan fingerprint density at radius 3 is 2.79 bits per heavy atom. The molecule has 5 nitrogen and oxygen atoms in total. The van der Waals surface area contributed by atoms with Gasteiger partial charge >= 0.3 is 0 Å². The minimum absolute atomic E-state index is 0.198. The van der Waals surface area contributed by atoms with Crippen LogP contribution in [0.15, 0.2) is 61.3 Å². The van der Waals surface area contributed by atoms with E-state index in [1.165, 1.54) is 5.56 Å². The fourth-order valence-electron chi connectivity index (χ4n) is 3.29. The monoisotopic (exact) mass is 389 g/mol. The number of amides is 1. The first-order chi connectivity index (χ1) is 14.2. The van der Waals surface area contributed by atoms with Gasteiger partial charge in [0.2, 0.25) is 0 Å². The highest BCUT2D eigenvalue weighted by molar-refractivity contribution is 6.09. The molecule has 3 rings (SSSR count). The summed E-state index contributed by atoms with van der Waals surface area (Å²) in [4.78, 5) is 17.3. The van der Waals surface area contributed by atoms with Gasteiger partial charge in [-0.15, -0.1) is 6.58 Å². The van der Waals surface area contributed by atoms with E-state index in [-0.39, 0.29) is 5.91 Å². The van der Waals surface area contributed by atoms with Crippen LogP contribution in [0.2, 0.25) is 0 Å². The van der Waals surface area contributed by atoms with Crippen LogP contribution in [0.3, 0.4) is 0 Å². The molecule has 0 unspecified atom stereocenters. The van der Waals surface area contributed by atoms with E-state index in [0.717, 1.165) is 36.0 Å². The van der Waals surface area contributed by atoms with Crippen LogP contribution in [-0.2, 0) is 6.42 Å². The summed E-state index contributed by atoms with van der Waals surface area (Å²) in [5.74, 6) is 0.471. The quantitative estimate of drug-likeness (QED) is 0.491. The summed E-state index contributed by atoms with van der Waals surface area (Å²) >= 11 is 0. The lowest BCUT2D eigenvalue weighted by Crippen LogP contribution is -2.24. The number of pyridine rings is 1. The number of fused-ring (bicyclic) bond motifs is 1. The SMILES string of the molecule is C=CCNC(=O)c1cnc2c(OC)cccc2c1Nc1ccccc1CCCC. The van der Waals surface area contributed by atoms with Crippen LogP contribution < -0.4 is 15.4 Å². The molecule has 0 fully saturated rings. The van der Waals surface area contributed by atoms with E-state index in [2.05, 4.69) is 35.2 Å². The van der Waals surface area contributed by atoms with Crippen molar-refractivity contribution < 1.29 is 9.53 Å². The topological polar surface area (TPSA) is 63.2 Å². The number of aryl methyl sites for hydroxylation is 1. The van der Waals surface area contributed by atoms with Gasteiger partial charge in [0.05, 0.1) is 18.4 Å². The molecule has 3 aromatic rings. The molecule has 5 heteroatoms. The molecular weight excluding hydrogens is 362 g/mol. The number of hydrogen-bond donors (Lipinski definition) is 2. The van der Waals surface area contributed by atoms with Crippen LogP contribution in [0.1, 0.15) is 35.7 Å². The molecule has 0 saturated heterocycles. The highest BCUT2D eigenvalue weighted by Gasteiger charge is 2.18. The Labute approximate surface area is 171 Å². The summed E-state index contributed by atoms with van der Waals surface area (Å²) in [5, 5.41) is 7.20. The number of nitrogens with one attached hydrogen (secondary N) is 2. The van der Waals surface area contributed by atoms with E-state index in [1.807, 2.05) is 36.4 Å². The minimum atomic E-state index is -0.198. The lowest BCUT2D eigenvalue weighted by Gasteiger charge is -2.18. The van der Waals surface area contributed by atoms with Crippen molar-refractivity contribution in [1.82, 2.24) is 10.3 Å². The van der Waals surface area contributed by atoms with E-state index in [1.54, 1.807) is 19.4 Å². The van der Waals surface area contributed by atoms with Crippen LogP contribution in [0, 0.1) is 0 Å². The number of para-hydroxylation sites is 2. The smallest absolute Gasteiger partial charge is 0.255 e. The number of aromatic nitrogens is 1. The van der Waals surface area contributed by atoms with Gasteiger partial charge in [0.25, 0.3) is 5.91 Å². The standard InChI is InChI=1S/C24H27N3O2/c1-4-6-10-17-11-7-8-13-20(17)27-22-18-12-9-14-21(29-3)23(18)26-16-19(22)24(28)25-15-5-2/h5,7-9,11-14,16H,2,4,6,10,15H2,1,3H3,(H,25,28)(H,26,27). The van der Waals surface area contributed by atoms with Crippen LogP contribution in [-0.4, -0.2) is 24.5 Å². The molecule has 0 saturated carbocycles. The van der Waals surface area contributed by atoms with Crippen molar-refractivity contribution in [2.75, 3.05) is 19.0 Å². The third kappa shape index (κ3) is 4.57. The van der Waals surface area contributed by atoms with Crippen molar-refractivity contribution in [3.05, 3.63) is 72.4 Å². The first-order valence-corrected chi connectivity index (χ1v) is 9.89. The minimum Gasteiger partial charge on any atom is -0.494 e. The maximum Gasteiger partial charge on any atom is 0.255 e. The maximum atomic E-state index is 12.8. The van der Waals surface area contributed by atoms with Crippen molar-refractivity contribution >= 4 is 28.2 Å². The van der Waals surface area contributed by atoms with Crippen LogP contribution >= 0.6 is 0 Å². The van der Waals surface area contributed by atoms with Gasteiger partial charge in [-0.25, -0.2) is 0 Å². The fraction of sp³-hybridized carbons (Fsp3) is 0.250. The van der Waals surface area contributed by atoms with Gasteiger partial charge in [-0.3, -0.25) is 9.78 Å². The van der Waals surface area contributed by atoms with Gasteiger partial charge in [0, 0.05) is 23.8 Å². The van der Waals surface area contributed by atoms with Crippen LogP contribution in [0.4, 0.5) is 11.4 Å². The third-order valence-electron chi connectivity index (χ3n) is 4.81. The number of methoxy groups -OCH3 is 1. The number of carbonyl (C=O) groups excluding carboxylic acids is 1. The number of nitrogens with zero attached hydrogens (tertiary/aromatic N) is 1. The molecule has 1 heterocycles. The Bertz CT molecular complexity index is 1010. The normalized spacial score (nSPS) is 10.6. The van der Waals surface area contributed by atoms with E-state index in [9.17, 15) is 4.79 Å². The molecule has 29 heavy (non-hydrogen) atoms. The van der Waals surface area contributed by atoms with E-state index >= 15 is 0 Å². The number of rotatable bonds is 9. The Balaban J connectivity index is 2.13. The second-order valence-electron chi connectivity index (χ2n) is 6.79.